The van der Waals surface area contributed by atoms with E-state index in [-0.39, 0.29) is 17.0 Å². The Kier molecular flexibility index (Phi) is 4.96. The highest BCUT2D eigenvalue weighted by atomic mass is 35.5. The van der Waals surface area contributed by atoms with Crippen molar-refractivity contribution in [1.29, 1.82) is 0 Å². The summed E-state index contributed by atoms with van der Waals surface area (Å²) in [6.07, 6.45) is 5.60. The van der Waals surface area contributed by atoms with Crippen LogP contribution in [0.15, 0.2) is 89.9 Å². The van der Waals surface area contributed by atoms with Gasteiger partial charge in [-0.05, 0) is 35.4 Å². The van der Waals surface area contributed by atoms with E-state index in [1.807, 2.05) is 78.9 Å². The van der Waals surface area contributed by atoms with Gasteiger partial charge in [-0.1, -0.05) is 66.2 Å². The Labute approximate surface area is 167 Å². The summed E-state index contributed by atoms with van der Waals surface area (Å²) in [4.78, 5) is 13.0. The standard InChI is InChI=1S/C23H17ClN2O2/c24-19-13-11-17(12-14-19)7-6-16-26-20-10-4-5-15-25(20)22(27)21(23(26)28)18-8-2-1-3-9-18/h1-15H,16H2/p+1/b7-6+. The maximum absolute atomic E-state index is 13.0. The summed E-state index contributed by atoms with van der Waals surface area (Å²) in [6.45, 7) is 0.405. The van der Waals surface area contributed by atoms with Gasteiger partial charge in [0.1, 0.15) is 6.54 Å². The van der Waals surface area contributed by atoms with Gasteiger partial charge in [0, 0.05) is 11.1 Å². The van der Waals surface area contributed by atoms with Crippen molar-refractivity contribution >= 4 is 23.3 Å². The van der Waals surface area contributed by atoms with E-state index in [1.54, 1.807) is 21.2 Å². The van der Waals surface area contributed by atoms with E-state index in [1.165, 1.54) is 0 Å². The molecule has 0 aliphatic heterocycles. The number of hydrogen-bond donors (Lipinski definition) is 1. The fraction of sp³-hybridized carbons (Fsp3) is 0.0435. The Morgan fingerprint density at radius 3 is 2.43 bits per heavy atom. The molecule has 0 aliphatic carbocycles. The first-order valence-electron chi connectivity index (χ1n) is 8.89. The summed E-state index contributed by atoms with van der Waals surface area (Å²) in [5, 5.41) is 11.6. The normalized spacial score (nSPS) is 11.3. The maximum atomic E-state index is 13.0. The van der Waals surface area contributed by atoms with Crippen LogP contribution in [0.2, 0.25) is 5.02 Å². The molecule has 0 bridgehead atoms. The van der Waals surface area contributed by atoms with Gasteiger partial charge in [-0.25, -0.2) is 4.79 Å². The zero-order chi connectivity index (χ0) is 19.5. The number of pyridine rings is 1. The number of fused-ring (bicyclic) bond motifs is 1. The third-order valence-corrected chi connectivity index (χ3v) is 4.81. The predicted molar refractivity (Wildman–Crippen MR) is 111 cm³/mol. The smallest absolute Gasteiger partial charge is 0.354 e. The van der Waals surface area contributed by atoms with Crippen molar-refractivity contribution < 1.29 is 9.67 Å². The molecular weight excluding hydrogens is 372 g/mol. The van der Waals surface area contributed by atoms with Crippen molar-refractivity contribution in [1.82, 2.24) is 4.40 Å². The summed E-state index contributed by atoms with van der Waals surface area (Å²) < 4.78 is 3.27. The molecule has 138 valence electrons. The molecule has 28 heavy (non-hydrogen) atoms. The van der Waals surface area contributed by atoms with Gasteiger partial charge in [-0.2, -0.15) is 8.97 Å². The average Bonchev–Trinajstić information content (AvgIpc) is 2.73. The van der Waals surface area contributed by atoms with Gasteiger partial charge in [0.05, 0.1) is 6.20 Å². The number of allylic oxidation sites excluding steroid dienone is 1. The van der Waals surface area contributed by atoms with E-state index in [4.69, 9.17) is 11.6 Å². The Morgan fingerprint density at radius 2 is 1.68 bits per heavy atom. The summed E-state index contributed by atoms with van der Waals surface area (Å²) in [5.41, 5.74) is 2.33. The predicted octanol–water partition coefficient (Wildman–Crippen LogP) is 4.33. The minimum Gasteiger partial charge on any atom is -0.477 e. The highest BCUT2D eigenvalue weighted by molar-refractivity contribution is 6.30. The Morgan fingerprint density at radius 1 is 0.964 bits per heavy atom. The SMILES string of the molecule is O=c1c(-c2ccccc2)c(O)[n+](C/C=C/c2ccc(Cl)cc2)c2ccccn12. The zero-order valence-corrected chi connectivity index (χ0v) is 15.8. The van der Waals surface area contributed by atoms with Crippen LogP contribution < -0.4 is 10.1 Å². The molecule has 0 aliphatic rings. The van der Waals surface area contributed by atoms with Gasteiger partial charge in [-0.15, -0.1) is 0 Å². The van der Waals surface area contributed by atoms with Crippen molar-refractivity contribution in [3.8, 4) is 17.0 Å². The van der Waals surface area contributed by atoms with E-state index in [2.05, 4.69) is 0 Å². The van der Waals surface area contributed by atoms with Crippen LogP contribution in [0.3, 0.4) is 0 Å². The first kappa shape index (κ1) is 18.0. The lowest BCUT2D eigenvalue weighted by Gasteiger charge is -2.08. The van der Waals surface area contributed by atoms with Crippen molar-refractivity contribution in [2.24, 2.45) is 0 Å². The summed E-state index contributed by atoms with van der Waals surface area (Å²) >= 11 is 5.92. The quantitative estimate of drug-likeness (QED) is 0.528. The lowest BCUT2D eigenvalue weighted by atomic mass is 10.1. The number of nitrogens with zero attached hydrogens (tertiary/aromatic N) is 2. The largest absolute Gasteiger partial charge is 0.477 e. The van der Waals surface area contributed by atoms with Gasteiger partial charge >= 0.3 is 5.56 Å². The molecule has 0 saturated carbocycles. The molecule has 4 aromatic rings. The van der Waals surface area contributed by atoms with Crippen LogP contribution in [0.1, 0.15) is 5.56 Å². The van der Waals surface area contributed by atoms with Crippen molar-refractivity contribution in [3.05, 3.63) is 106 Å². The summed E-state index contributed by atoms with van der Waals surface area (Å²) in [6, 6.07) is 22.2. The molecule has 0 saturated heterocycles. The van der Waals surface area contributed by atoms with E-state index < -0.39 is 0 Å². The minimum absolute atomic E-state index is 0.0526. The molecule has 2 aromatic heterocycles. The second kappa shape index (κ2) is 7.71. The van der Waals surface area contributed by atoms with Crippen LogP contribution in [0.5, 0.6) is 5.88 Å². The van der Waals surface area contributed by atoms with E-state index in [0.29, 0.717) is 22.8 Å². The monoisotopic (exact) mass is 389 g/mol. The first-order chi connectivity index (χ1) is 13.6. The van der Waals surface area contributed by atoms with Crippen LogP contribution in [0.4, 0.5) is 0 Å². The number of halogens is 1. The molecule has 4 nitrogen and oxygen atoms in total. The Bertz CT molecular complexity index is 1210. The second-order valence-electron chi connectivity index (χ2n) is 6.36. The summed E-state index contributed by atoms with van der Waals surface area (Å²) in [7, 11) is 0. The molecule has 0 fully saturated rings. The van der Waals surface area contributed by atoms with E-state index in [0.717, 1.165) is 5.56 Å². The second-order valence-corrected chi connectivity index (χ2v) is 6.80. The highest BCUT2D eigenvalue weighted by Crippen LogP contribution is 2.23. The lowest BCUT2D eigenvalue weighted by Crippen LogP contribution is -2.40. The molecule has 4 rings (SSSR count). The lowest BCUT2D eigenvalue weighted by molar-refractivity contribution is -0.670. The van der Waals surface area contributed by atoms with Gasteiger partial charge in [0.15, 0.2) is 5.56 Å². The number of benzene rings is 2. The zero-order valence-electron chi connectivity index (χ0n) is 15.0. The van der Waals surface area contributed by atoms with Crippen LogP contribution in [-0.4, -0.2) is 9.51 Å². The number of rotatable bonds is 4. The molecule has 0 amide bonds. The fourth-order valence-electron chi connectivity index (χ4n) is 3.19. The molecule has 0 atom stereocenters. The average molecular weight is 390 g/mol. The molecule has 0 radical (unpaired) electrons. The first-order valence-corrected chi connectivity index (χ1v) is 9.26. The van der Waals surface area contributed by atoms with Gasteiger partial charge < -0.3 is 5.11 Å². The topological polar surface area (TPSA) is 45.6 Å². The number of hydrogen-bond acceptors (Lipinski definition) is 2. The molecule has 0 spiro atoms. The van der Waals surface area contributed by atoms with Gasteiger partial charge in [0.2, 0.25) is 0 Å². The van der Waals surface area contributed by atoms with Gasteiger partial charge in [0.25, 0.3) is 11.5 Å². The van der Waals surface area contributed by atoms with E-state index >= 15 is 0 Å². The molecule has 5 heteroatoms. The third kappa shape index (κ3) is 3.42. The van der Waals surface area contributed by atoms with E-state index in [9.17, 15) is 9.90 Å². The third-order valence-electron chi connectivity index (χ3n) is 4.56. The maximum Gasteiger partial charge on any atom is 0.354 e. The molecule has 0 unspecified atom stereocenters. The Balaban J connectivity index is 1.83. The molecular formula is C23H18ClN2O2+. The van der Waals surface area contributed by atoms with Crippen LogP contribution in [0, 0.1) is 0 Å². The minimum atomic E-state index is -0.253. The van der Waals surface area contributed by atoms with Gasteiger partial charge in [-0.3, -0.25) is 0 Å². The van der Waals surface area contributed by atoms with Crippen LogP contribution >= 0.6 is 11.6 Å². The summed E-state index contributed by atoms with van der Waals surface area (Å²) in [5.74, 6) is -0.0526. The van der Waals surface area contributed by atoms with Crippen molar-refractivity contribution in [3.63, 3.8) is 0 Å². The number of aromatic nitrogens is 2. The van der Waals surface area contributed by atoms with Crippen molar-refractivity contribution in [2.45, 2.75) is 6.54 Å². The fourth-order valence-corrected chi connectivity index (χ4v) is 3.32. The van der Waals surface area contributed by atoms with Crippen molar-refractivity contribution in [2.75, 3.05) is 0 Å². The van der Waals surface area contributed by atoms with Crippen LogP contribution in [0.25, 0.3) is 22.9 Å². The molecule has 2 heterocycles. The van der Waals surface area contributed by atoms with Crippen LogP contribution in [-0.2, 0) is 6.54 Å². The number of aromatic hydroxyl groups is 1. The molecule has 2 aromatic carbocycles. The Hall–Kier alpha value is -3.37. The molecule has 1 N–H and O–H groups in total. The highest BCUT2D eigenvalue weighted by Gasteiger charge is 2.23.